The molecule has 26 rings (SSSR count). The number of fused-ring (bicyclic) bond motifs is 38. The minimum absolute atomic E-state index is 0.297. The molecule has 0 fully saturated rings. The number of hydrogen-bond acceptors (Lipinski definition) is 2. The van der Waals surface area contributed by atoms with E-state index in [-0.39, 0.29) is 6.71 Å². The zero-order valence-corrected chi connectivity index (χ0v) is 59.2. The van der Waals surface area contributed by atoms with Gasteiger partial charge in [0.25, 0.3) is 6.71 Å². The molecule has 0 amide bonds. The zero-order valence-electron chi connectivity index (χ0n) is 59.2. The molecule has 18 aromatic rings. The number of rotatable bonds is 4. The number of benzene rings is 17. The van der Waals surface area contributed by atoms with Crippen molar-refractivity contribution in [1.29, 1.82) is 0 Å². The third kappa shape index (κ3) is 6.96. The highest BCUT2D eigenvalue weighted by Crippen LogP contribution is 2.68. The molecule has 500 valence electrons. The summed E-state index contributed by atoms with van der Waals surface area (Å²) in [6.45, 7) is -0.297. The van der Waals surface area contributed by atoms with Crippen LogP contribution in [0.15, 0.2) is 376 Å². The van der Waals surface area contributed by atoms with Crippen molar-refractivity contribution in [3.63, 3.8) is 0 Å². The largest absolute Gasteiger partial charge is 0.311 e. The number of para-hydroxylation sites is 2. The van der Waals surface area contributed by atoms with Crippen LogP contribution < -0.4 is 26.2 Å². The zero-order chi connectivity index (χ0) is 70.7. The van der Waals surface area contributed by atoms with Gasteiger partial charge in [-0.3, -0.25) is 0 Å². The third-order valence-corrected chi connectivity index (χ3v) is 26.6. The Morgan fingerprint density at radius 1 is 0.202 bits per heavy atom. The van der Waals surface area contributed by atoms with Gasteiger partial charge in [-0.05, 0) is 222 Å². The summed E-state index contributed by atoms with van der Waals surface area (Å²) in [5.41, 5.74) is 46.1. The lowest BCUT2D eigenvalue weighted by Gasteiger charge is -2.46. The van der Waals surface area contributed by atoms with Gasteiger partial charge in [0.2, 0.25) is 0 Å². The van der Waals surface area contributed by atoms with Crippen LogP contribution in [0.3, 0.4) is 0 Å². The molecule has 0 N–H and O–H groups in total. The van der Waals surface area contributed by atoms with Crippen molar-refractivity contribution in [2.45, 2.75) is 16.2 Å². The SMILES string of the molecule is c1ccc(-c2ccc3c(c2)B2c4c(cc(-n5c6ccccc6c6ccccc65)cc4N(c4ccc5c(c4)-c4ccccc4C54c5ccccc5-c5ccccc54)c4ccc5c(c42)C2(c4ccccc4-c4ccccc42)c2ccccc2-5)N3c2ccc3c(c2)-c2ccccc2C32c3ccccc3-c3ccccc32)cc1. The second-order valence-electron chi connectivity index (χ2n) is 31.1. The summed E-state index contributed by atoms with van der Waals surface area (Å²) < 4.78 is 2.56. The maximum Gasteiger partial charge on any atom is 0.252 e. The first kappa shape index (κ1) is 58.5. The van der Waals surface area contributed by atoms with Gasteiger partial charge in [0.05, 0.1) is 33.0 Å². The van der Waals surface area contributed by atoms with E-state index in [9.17, 15) is 0 Å². The van der Waals surface area contributed by atoms with Crippen molar-refractivity contribution in [3.8, 4) is 83.6 Å². The molecule has 0 atom stereocenters. The highest BCUT2D eigenvalue weighted by atomic mass is 15.2. The summed E-state index contributed by atoms with van der Waals surface area (Å²) >= 11 is 0. The average Bonchev–Trinajstić information content (AvgIpc) is 1.54. The lowest BCUT2D eigenvalue weighted by atomic mass is 9.32. The predicted molar refractivity (Wildman–Crippen MR) is 449 cm³/mol. The van der Waals surface area contributed by atoms with E-state index in [1.165, 1.54) is 177 Å². The summed E-state index contributed by atoms with van der Waals surface area (Å²) in [5.74, 6) is 0. The van der Waals surface area contributed by atoms with E-state index in [1.54, 1.807) is 0 Å². The van der Waals surface area contributed by atoms with E-state index in [0.29, 0.717) is 0 Å². The van der Waals surface area contributed by atoms with Gasteiger partial charge in [0.1, 0.15) is 0 Å². The lowest BCUT2D eigenvalue weighted by Crippen LogP contribution is -2.63. The van der Waals surface area contributed by atoms with Crippen LogP contribution in [0.1, 0.15) is 66.8 Å². The van der Waals surface area contributed by atoms with Gasteiger partial charge in [-0.25, -0.2) is 0 Å². The van der Waals surface area contributed by atoms with Gasteiger partial charge in [-0.1, -0.05) is 315 Å². The Bertz CT molecular complexity index is 6950. The van der Waals surface area contributed by atoms with E-state index in [4.69, 9.17) is 0 Å². The second kappa shape index (κ2) is 20.8. The Morgan fingerprint density at radius 2 is 0.541 bits per heavy atom. The maximum atomic E-state index is 2.73. The Labute approximate surface area is 631 Å². The standard InChI is InChI=1S/C105H62BN3/c1-2-26-63(27-3-1)64-50-56-96-93(58-64)106-101-98(107(96)65-51-54-91-80(59-65)75-35-11-19-43-86(75)103(91)82-39-15-4-28-68(82)69-29-5-16-40-83(69)103)61-67(109-94-48-24-13-37-77(94)78-38-14-25-49-95(78)109)62-99(101)108(66-52-55-92-81(60-66)76-36-12-20-44-87(76)104(92)84-41-17-6-30-70(84)71-31-7-18-42-85(71)104)97-57-53-79-74-34-10-23-47-90(74)105(100(79)102(97)106)88-45-21-8-32-72(88)73-33-9-22-46-89(73)105/h1-62H. The lowest BCUT2D eigenvalue weighted by molar-refractivity contribution is 0.793. The van der Waals surface area contributed by atoms with Gasteiger partial charge < -0.3 is 14.4 Å². The van der Waals surface area contributed by atoms with Crippen LogP contribution in [-0.4, -0.2) is 11.3 Å². The summed E-state index contributed by atoms with van der Waals surface area (Å²) in [4.78, 5) is 5.42. The average molecular weight is 1380 g/mol. The van der Waals surface area contributed by atoms with Crippen molar-refractivity contribution < 1.29 is 0 Å². The molecular weight excluding hydrogens is 1310 g/mol. The molecule has 1 aromatic heterocycles. The predicted octanol–water partition coefficient (Wildman–Crippen LogP) is 23.6. The van der Waals surface area contributed by atoms with E-state index in [0.717, 1.165) is 45.2 Å². The van der Waals surface area contributed by atoms with Crippen LogP contribution in [0.25, 0.3) is 105 Å². The molecule has 6 aliphatic carbocycles. The quantitative estimate of drug-likeness (QED) is 0.163. The van der Waals surface area contributed by atoms with E-state index in [2.05, 4.69) is 390 Å². The number of hydrogen-bond donors (Lipinski definition) is 0. The molecule has 4 heteroatoms. The monoisotopic (exact) mass is 1380 g/mol. The van der Waals surface area contributed by atoms with Crippen molar-refractivity contribution in [3.05, 3.63) is 443 Å². The summed E-state index contributed by atoms with van der Waals surface area (Å²) in [7, 11) is 0. The molecule has 0 bridgehead atoms. The molecule has 3 nitrogen and oxygen atoms in total. The fourth-order valence-electron chi connectivity index (χ4n) is 22.8. The van der Waals surface area contributed by atoms with E-state index in [1.807, 2.05) is 0 Å². The first-order valence-electron chi connectivity index (χ1n) is 38.4. The second-order valence-corrected chi connectivity index (χ2v) is 31.1. The highest BCUT2D eigenvalue weighted by Gasteiger charge is 2.58. The molecule has 8 aliphatic rings. The molecule has 0 saturated carbocycles. The summed E-state index contributed by atoms with van der Waals surface area (Å²) in [6, 6.07) is 146. The smallest absolute Gasteiger partial charge is 0.252 e. The van der Waals surface area contributed by atoms with Gasteiger partial charge in [-0.15, -0.1) is 0 Å². The van der Waals surface area contributed by atoms with Crippen LogP contribution in [0, 0.1) is 0 Å². The minimum atomic E-state index is -0.696. The Hall–Kier alpha value is -13.8. The molecular formula is C105H62BN3. The van der Waals surface area contributed by atoms with Gasteiger partial charge in [0, 0.05) is 44.9 Å². The first-order chi connectivity index (χ1) is 54.1. The topological polar surface area (TPSA) is 11.4 Å². The Morgan fingerprint density at radius 3 is 0.972 bits per heavy atom. The van der Waals surface area contributed by atoms with Crippen molar-refractivity contribution in [2.75, 3.05) is 9.80 Å². The Kier molecular flexibility index (Phi) is 11.2. The van der Waals surface area contributed by atoms with Crippen LogP contribution in [0.5, 0.6) is 0 Å². The Balaban J connectivity index is 0.822. The van der Waals surface area contributed by atoms with Gasteiger partial charge in [0.15, 0.2) is 0 Å². The number of anilines is 6. The summed E-state index contributed by atoms with van der Waals surface area (Å²) in [5, 5.41) is 2.44. The van der Waals surface area contributed by atoms with Crippen LogP contribution in [0.4, 0.5) is 34.1 Å². The fourth-order valence-corrected chi connectivity index (χ4v) is 22.8. The molecule has 0 radical (unpaired) electrons. The van der Waals surface area contributed by atoms with Crippen LogP contribution in [0.2, 0.25) is 0 Å². The molecule has 17 aromatic carbocycles. The van der Waals surface area contributed by atoms with Crippen molar-refractivity contribution >= 4 is 79.0 Å². The molecule has 3 heterocycles. The molecule has 0 unspecified atom stereocenters. The van der Waals surface area contributed by atoms with Crippen molar-refractivity contribution in [1.82, 2.24) is 4.57 Å². The highest BCUT2D eigenvalue weighted by molar-refractivity contribution is 7.01. The third-order valence-electron chi connectivity index (χ3n) is 26.6. The molecule has 3 spiro atoms. The van der Waals surface area contributed by atoms with E-state index < -0.39 is 16.2 Å². The first-order valence-corrected chi connectivity index (χ1v) is 38.4. The molecule has 0 saturated heterocycles. The van der Waals surface area contributed by atoms with Crippen LogP contribution in [-0.2, 0) is 16.2 Å². The maximum absolute atomic E-state index is 2.73. The minimum Gasteiger partial charge on any atom is -0.311 e. The van der Waals surface area contributed by atoms with Gasteiger partial charge >= 0.3 is 0 Å². The number of aromatic nitrogens is 1. The van der Waals surface area contributed by atoms with E-state index >= 15 is 0 Å². The van der Waals surface area contributed by atoms with Crippen molar-refractivity contribution in [2.24, 2.45) is 0 Å². The fraction of sp³-hybridized carbons (Fsp3) is 0.0286. The normalized spacial score (nSPS) is 15.0. The van der Waals surface area contributed by atoms with Crippen LogP contribution >= 0.6 is 0 Å². The number of nitrogens with zero attached hydrogens (tertiary/aromatic N) is 3. The van der Waals surface area contributed by atoms with Gasteiger partial charge in [-0.2, -0.15) is 0 Å². The molecule has 2 aliphatic heterocycles. The molecule has 109 heavy (non-hydrogen) atoms. The summed E-state index contributed by atoms with van der Waals surface area (Å²) in [6.07, 6.45) is 0.